The molecule has 1 aromatic carbocycles. The van der Waals surface area contributed by atoms with E-state index in [1.165, 1.54) is 0 Å². The van der Waals surface area contributed by atoms with Crippen LogP contribution >= 0.6 is 0 Å². The molecule has 4 heteroatoms. The van der Waals surface area contributed by atoms with E-state index in [1.54, 1.807) is 6.07 Å². The van der Waals surface area contributed by atoms with Crippen molar-refractivity contribution < 1.29 is 9.47 Å². The maximum atomic E-state index is 6.11. The van der Waals surface area contributed by atoms with Gasteiger partial charge in [-0.1, -0.05) is 13.8 Å². The number of ether oxygens (including phenoxy) is 2. The molecule has 0 fully saturated rings. The highest BCUT2D eigenvalue weighted by atomic mass is 16.7. The zero-order chi connectivity index (χ0) is 11.7. The van der Waals surface area contributed by atoms with Crippen molar-refractivity contribution in [2.45, 2.75) is 26.3 Å². The fourth-order valence-corrected chi connectivity index (χ4v) is 1.93. The summed E-state index contributed by atoms with van der Waals surface area (Å²) >= 11 is 0. The maximum absolute atomic E-state index is 6.11. The highest BCUT2D eigenvalue weighted by Crippen LogP contribution is 2.38. The first kappa shape index (κ1) is 11.1. The fraction of sp³-hybridized carbons (Fsp3) is 0.500. The van der Waals surface area contributed by atoms with Crippen molar-refractivity contribution in [2.75, 3.05) is 12.5 Å². The molecule has 0 saturated heterocycles. The van der Waals surface area contributed by atoms with Crippen molar-refractivity contribution >= 4 is 5.69 Å². The number of nitrogen functional groups attached to an aromatic ring is 1. The summed E-state index contributed by atoms with van der Waals surface area (Å²) in [5.74, 6) is 1.99. The Morgan fingerprint density at radius 2 is 1.88 bits per heavy atom. The second-order valence-corrected chi connectivity index (χ2v) is 4.57. The SMILES string of the molecule is CC(C)CC(N)c1cc2c(cc1N)OCO2. The van der Waals surface area contributed by atoms with Crippen molar-refractivity contribution in [3.8, 4) is 11.5 Å². The molecular formula is C12H18N2O2. The van der Waals surface area contributed by atoms with E-state index in [0.29, 0.717) is 17.4 Å². The van der Waals surface area contributed by atoms with Crippen LogP contribution in [0.2, 0.25) is 0 Å². The molecule has 1 aliphatic rings. The average Bonchev–Trinajstić information content (AvgIpc) is 2.61. The van der Waals surface area contributed by atoms with Gasteiger partial charge in [-0.15, -0.1) is 0 Å². The highest BCUT2D eigenvalue weighted by Gasteiger charge is 2.19. The Bertz CT molecular complexity index is 391. The van der Waals surface area contributed by atoms with E-state index >= 15 is 0 Å². The molecule has 0 radical (unpaired) electrons. The number of benzene rings is 1. The van der Waals surface area contributed by atoms with Gasteiger partial charge in [-0.3, -0.25) is 0 Å². The third-order valence-corrected chi connectivity index (χ3v) is 2.70. The van der Waals surface area contributed by atoms with Gasteiger partial charge in [0.1, 0.15) is 0 Å². The molecule has 0 aliphatic carbocycles. The molecule has 1 aromatic rings. The maximum Gasteiger partial charge on any atom is 0.231 e. The van der Waals surface area contributed by atoms with Crippen LogP contribution in [-0.2, 0) is 0 Å². The van der Waals surface area contributed by atoms with E-state index in [2.05, 4.69) is 13.8 Å². The molecule has 4 N–H and O–H groups in total. The Morgan fingerprint density at radius 1 is 1.25 bits per heavy atom. The smallest absolute Gasteiger partial charge is 0.231 e. The van der Waals surface area contributed by atoms with Gasteiger partial charge >= 0.3 is 0 Å². The number of anilines is 1. The molecule has 16 heavy (non-hydrogen) atoms. The van der Waals surface area contributed by atoms with Crippen molar-refractivity contribution in [3.05, 3.63) is 17.7 Å². The summed E-state index contributed by atoms with van der Waals surface area (Å²) in [4.78, 5) is 0. The van der Waals surface area contributed by atoms with E-state index < -0.39 is 0 Å². The van der Waals surface area contributed by atoms with Gasteiger partial charge in [-0.2, -0.15) is 0 Å². The van der Waals surface area contributed by atoms with Gasteiger partial charge in [-0.25, -0.2) is 0 Å². The molecule has 0 spiro atoms. The van der Waals surface area contributed by atoms with Crippen LogP contribution in [-0.4, -0.2) is 6.79 Å². The molecule has 0 aromatic heterocycles. The number of fused-ring (bicyclic) bond motifs is 1. The molecule has 1 atom stereocenters. The van der Waals surface area contributed by atoms with Gasteiger partial charge < -0.3 is 20.9 Å². The van der Waals surface area contributed by atoms with Crippen molar-refractivity contribution in [2.24, 2.45) is 11.7 Å². The normalized spacial score (nSPS) is 15.5. The minimum absolute atomic E-state index is 0.0468. The molecule has 2 rings (SSSR count). The van der Waals surface area contributed by atoms with Gasteiger partial charge in [0.25, 0.3) is 0 Å². The largest absolute Gasteiger partial charge is 0.454 e. The van der Waals surface area contributed by atoms with Crippen molar-refractivity contribution in [1.82, 2.24) is 0 Å². The highest BCUT2D eigenvalue weighted by molar-refractivity contribution is 5.59. The van der Waals surface area contributed by atoms with Crippen LogP contribution in [0.3, 0.4) is 0 Å². The predicted octanol–water partition coefficient (Wildman–Crippen LogP) is 2.04. The standard InChI is InChI=1S/C12H18N2O2/c1-7(2)3-9(13)8-4-11-12(5-10(8)14)16-6-15-11/h4-5,7,9H,3,6,13-14H2,1-2H3. The Morgan fingerprint density at radius 3 is 2.50 bits per heavy atom. The fourth-order valence-electron chi connectivity index (χ4n) is 1.93. The van der Waals surface area contributed by atoms with Gasteiger partial charge in [-0.05, 0) is 24.0 Å². The second kappa shape index (κ2) is 4.22. The first-order valence-corrected chi connectivity index (χ1v) is 5.52. The van der Waals surface area contributed by atoms with Crippen LogP contribution in [0.4, 0.5) is 5.69 Å². The van der Waals surface area contributed by atoms with E-state index in [9.17, 15) is 0 Å². The lowest BCUT2D eigenvalue weighted by molar-refractivity contribution is 0.174. The zero-order valence-electron chi connectivity index (χ0n) is 9.69. The molecule has 88 valence electrons. The van der Waals surface area contributed by atoms with Crippen LogP contribution < -0.4 is 20.9 Å². The molecule has 1 heterocycles. The van der Waals surface area contributed by atoms with Gasteiger partial charge in [0.05, 0.1) is 0 Å². The van der Waals surface area contributed by atoms with Crippen LogP contribution in [0.15, 0.2) is 12.1 Å². The average molecular weight is 222 g/mol. The number of nitrogens with two attached hydrogens (primary N) is 2. The molecule has 1 unspecified atom stereocenters. The number of hydrogen-bond donors (Lipinski definition) is 2. The third-order valence-electron chi connectivity index (χ3n) is 2.70. The minimum Gasteiger partial charge on any atom is -0.454 e. The Balaban J connectivity index is 2.27. The van der Waals surface area contributed by atoms with Crippen molar-refractivity contribution in [3.63, 3.8) is 0 Å². The quantitative estimate of drug-likeness (QED) is 0.768. The Labute approximate surface area is 95.5 Å². The van der Waals surface area contributed by atoms with Crippen LogP contribution in [0.25, 0.3) is 0 Å². The number of hydrogen-bond acceptors (Lipinski definition) is 4. The van der Waals surface area contributed by atoms with Gasteiger partial charge in [0, 0.05) is 17.8 Å². The lowest BCUT2D eigenvalue weighted by Crippen LogP contribution is -2.14. The first-order chi connectivity index (χ1) is 7.58. The first-order valence-electron chi connectivity index (χ1n) is 5.52. The summed E-state index contributed by atoms with van der Waals surface area (Å²) in [6, 6.07) is 3.64. The minimum atomic E-state index is -0.0468. The van der Waals surface area contributed by atoms with Gasteiger partial charge in [0.15, 0.2) is 11.5 Å². The van der Waals surface area contributed by atoms with Crippen molar-refractivity contribution in [1.29, 1.82) is 0 Å². The monoisotopic (exact) mass is 222 g/mol. The summed E-state index contributed by atoms with van der Waals surface area (Å²) in [7, 11) is 0. The second-order valence-electron chi connectivity index (χ2n) is 4.57. The Hall–Kier alpha value is -1.42. The van der Waals surface area contributed by atoms with Crippen LogP contribution in [0.1, 0.15) is 31.9 Å². The van der Waals surface area contributed by atoms with Crippen LogP contribution in [0.5, 0.6) is 11.5 Å². The molecule has 0 saturated carbocycles. The van der Waals surface area contributed by atoms with E-state index in [4.69, 9.17) is 20.9 Å². The summed E-state index contributed by atoms with van der Waals surface area (Å²) in [5.41, 5.74) is 13.7. The van der Waals surface area contributed by atoms with E-state index in [-0.39, 0.29) is 12.8 Å². The zero-order valence-corrected chi connectivity index (χ0v) is 9.69. The Kier molecular flexibility index (Phi) is 2.92. The molecular weight excluding hydrogens is 204 g/mol. The van der Waals surface area contributed by atoms with E-state index in [1.807, 2.05) is 6.07 Å². The third kappa shape index (κ3) is 2.07. The van der Waals surface area contributed by atoms with E-state index in [0.717, 1.165) is 17.7 Å². The summed E-state index contributed by atoms with van der Waals surface area (Å²) < 4.78 is 10.6. The summed E-state index contributed by atoms with van der Waals surface area (Å²) in [6.07, 6.45) is 0.907. The molecule has 0 bridgehead atoms. The predicted molar refractivity (Wildman–Crippen MR) is 63.4 cm³/mol. The van der Waals surface area contributed by atoms with Gasteiger partial charge in [0.2, 0.25) is 6.79 Å². The lowest BCUT2D eigenvalue weighted by atomic mass is 9.96. The topological polar surface area (TPSA) is 70.5 Å². The van der Waals surface area contributed by atoms with Crippen LogP contribution in [0, 0.1) is 5.92 Å². The lowest BCUT2D eigenvalue weighted by Gasteiger charge is -2.17. The molecule has 1 aliphatic heterocycles. The number of rotatable bonds is 3. The summed E-state index contributed by atoms with van der Waals surface area (Å²) in [5, 5.41) is 0. The molecule has 0 amide bonds. The molecule has 4 nitrogen and oxygen atoms in total. The summed E-state index contributed by atoms with van der Waals surface area (Å²) in [6.45, 7) is 4.55.